The van der Waals surface area contributed by atoms with Gasteiger partial charge in [0.05, 0.1) is 19.3 Å². The van der Waals surface area contributed by atoms with E-state index in [2.05, 4.69) is 5.32 Å². The van der Waals surface area contributed by atoms with E-state index in [1.54, 1.807) is 61.6 Å². The van der Waals surface area contributed by atoms with Crippen LogP contribution in [0.25, 0.3) is 0 Å². The van der Waals surface area contributed by atoms with Gasteiger partial charge in [-0.2, -0.15) is 0 Å². The van der Waals surface area contributed by atoms with Crippen molar-refractivity contribution in [2.75, 3.05) is 39.3 Å². The molecule has 7 nitrogen and oxygen atoms in total. The molecule has 1 fully saturated rings. The summed E-state index contributed by atoms with van der Waals surface area (Å²) in [5.74, 6) is 0.811. The van der Waals surface area contributed by atoms with Crippen LogP contribution in [-0.2, 0) is 9.53 Å². The summed E-state index contributed by atoms with van der Waals surface area (Å²) in [6.45, 7) is 1.31. The number of benzene rings is 2. The molecule has 7 heteroatoms. The van der Waals surface area contributed by atoms with Crippen LogP contribution in [0.4, 0.5) is 5.69 Å². The summed E-state index contributed by atoms with van der Waals surface area (Å²) in [5, 5.41) is 2.89. The fourth-order valence-corrected chi connectivity index (χ4v) is 3.34. The number of hydrogen-bond acceptors (Lipinski definition) is 5. The first-order valence-electron chi connectivity index (χ1n) is 9.60. The Morgan fingerprint density at radius 3 is 2.55 bits per heavy atom. The van der Waals surface area contributed by atoms with Gasteiger partial charge in [-0.3, -0.25) is 9.59 Å². The molecule has 1 aliphatic heterocycles. The summed E-state index contributed by atoms with van der Waals surface area (Å²) >= 11 is 0. The number of hydrogen-bond donors (Lipinski definition) is 1. The van der Waals surface area contributed by atoms with Gasteiger partial charge in [0, 0.05) is 19.3 Å². The van der Waals surface area contributed by atoms with E-state index in [0.29, 0.717) is 48.9 Å². The Bertz CT molecular complexity index is 837. The van der Waals surface area contributed by atoms with Crippen LogP contribution < -0.4 is 14.8 Å². The van der Waals surface area contributed by atoms with Crippen LogP contribution in [0.2, 0.25) is 0 Å². The quantitative estimate of drug-likeness (QED) is 0.692. The first-order chi connectivity index (χ1) is 14.1. The highest BCUT2D eigenvalue weighted by atomic mass is 16.5. The van der Waals surface area contributed by atoms with Crippen molar-refractivity contribution in [3.8, 4) is 11.5 Å². The van der Waals surface area contributed by atoms with Crippen LogP contribution in [0.5, 0.6) is 11.5 Å². The SMILES string of the molecule is COCCOc1ccccc1C(=O)N1CCCC1C(=O)Nc1ccc(OC)cc1. The number of rotatable bonds is 8. The summed E-state index contributed by atoms with van der Waals surface area (Å²) < 4.78 is 15.8. The molecule has 1 saturated heterocycles. The normalized spacial score (nSPS) is 15.8. The van der Waals surface area contributed by atoms with E-state index in [1.807, 2.05) is 6.07 Å². The molecule has 2 amide bonds. The molecule has 1 heterocycles. The van der Waals surface area contributed by atoms with Gasteiger partial charge >= 0.3 is 0 Å². The minimum absolute atomic E-state index is 0.196. The lowest BCUT2D eigenvalue weighted by atomic mass is 10.1. The van der Waals surface area contributed by atoms with Crippen molar-refractivity contribution in [1.82, 2.24) is 4.90 Å². The van der Waals surface area contributed by atoms with E-state index in [4.69, 9.17) is 14.2 Å². The highest BCUT2D eigenvalue weighted by molar-refractivity contribution is 6.02. The second-order valence-corrected chi connectivity index (χ2v) is 6.71. The van der Waals surface area contributed by atoms with E-state index in [9.17, 15) is 9.59 Å². The number of amides is 2. The zero-order valence-electron chi connectivity index (χ0n) is 16.7. The lowest BCUT2D eigenvalue weighted by molar-refractivity contribution is -0.119. The Kier molecular flexibility index (Phi) is 7.08. The molecule has 1 N–H and O–H groups in total. The molecule has 0 spiro atoms. The molecule has 1 unspecified atom stereocenters. The summed E-state index contributed by atoms with van der Waals surface area (Å²) in [6, 6.07) is 13.7. The van der Waals surface area contributed by atoms with E-state index in [1.165, 1.54) is 0 Å². The molecule has 3 rings (SSSR count). The third-order valence-corrected chi connectivity index (χ3v) is 4.84. The monoisotopic (exact) mass is 398 g/mol. The molecule has 1 atom stereocenters. The minimum Gasteiger partial charge on any atom is -0.497 e. The molecule has 2 aromatic carbocycles. The summed E-state index contributed by atoms with van der Waals surface area (Å²) in [7, 11) is 3.18. The molecule has 0 aliphatic carbocycles. The predicted octanol–water partition coefficient (Wildman–Crippen LogP) is 2.96. The molecular formula is C22H26N2O5. The second-order valence-electron chi connectivity index (χ2n) is 6.71. The Balaban J connectivity index is 1.71. The Morgan fingerprint density at radius 2 is 1.83 bits per heavy atom. The molecule has 2 aromatic rings. The number of nitrogens with zero attached hydrogens (tertiary/aromatic N) is 1. The van der Waals surface area contributed by atoms with Crippen molar-refractivity contribution >= 4 is 17.5 Å². The number of carbonyl (C=O) groups is 2. The van der Waals surface area contributed by atoms with Crippen LogP contribution in [0.1, 0.15) is 23.2 Å². The smallest absolute Gasteiger partial charge is 0.258 e. The fourth-order valence-electron chi connectivity index (χ4n) is 3.34. The standard InChI is InChI=1S/C22H26N2O5/c1-27-14-15-29-20-8-4-3-6-18(20)22(26)24-13-5-7-19(24)21(25)23-16-9-11-17(28-2)12-10-16/h3-4,6,8-12,19H,5,7,13-15H2,1-2H3,(H,23,25). The number of likely N-dealkylation sites (tertiary alicyclic amines) is 1. The highest BCUT2D eigenvalue weighted by Crippen LogP contribution is 2.26. The third kappa shape index (κ3) is 5.06. The maximum absolute atomic E-state index is 13.2. The highest BCUT2D eigenvalue weighted by Gasteiger charge is 2.35. The average molecular weight is 398 g/mol. The van der Waals surface area contributed by atoms with Crippen molar-refractivity contribution in [1.29, 1.82) is 0 Å². The van der Waals surface area contributed by atoms with Gasteiger partial charge in [-0.15, -0.1) is 0 Å². The van der Waals surface area contributed by atoms with Gasteiger partial charge in [0.2, 0.25) is 5.91 Å². The number of anilines is 1. The van der Waals surface area contributed by atoms with Gasteiger partial charge in [-0.25, -0.2) is 0 Å². The first-order valence-corrected chi connectivity index (χ1v) is 9.60. The molecule has 0 aromatic heterocycles. The Hall–Kier alpha value is -3.06. The van der Waals surface area contributed by atoms with Gasteiger partial charge < -0.3 is 24.4 Å². The Morgan fingerprint density at radius 1 is 1.07 bits per heavy atom. The number of methoxy groups -OCH3 is 2. The topological polar surface area (TPSA) is 77.1 Å². The minimum atomic E-state index is -0.517. The van der Waals surface area contributed by atoms with E-state index in [-0.39, 0.29) is 11.8 Å². The molecule has 0 bridgehead atoms. The fraction of sp³-hybridized carbons (Fsp3) is 0.364. The number of para-hydroxylation sites is 1. The summed E-state index contributed by atoms with van der Waals surface area (Å²) in [4.78, 5) is 27.6. The molecule has 0 radical (unpaired) electrons. The predicted molar refractivity (Wildman–Crippen MR) is 109 cm³/mol. The van der Waals surface area contributed by atoms with Crippen LogP contribution >= 0.6 is 0 Å². The van der Waals surface area contributed by atoms with Crippen LogP contribution in [0, 0.1) is 0 Å². The average Bonchev–Trinajstić information content (AvgIpc) is 3.24. The van der Waals surface area contributed by atoms with E-state index in [0.717, 1.165) is 6.42 Å². The molecular weight excluding hydrogens is 372 g/mol. The number of carbonyl (C=O) groups excluding carboxylic acids is 2. The van der Waals surface area contributed by atoms with Crippen molar-refractivity contribution in [3.05, 3.63) is 54.1 Å². The summed E-state index contributed by atoms with van der Waals surface area (Å²) in [5.41, 5.74) is 1.12. The van der Waals surface area contributed by atoms with Crippen molar-refractivity contribution in [2.45, 2.75) is 18.9 Å². The molecule has 29 heavy (non-hydrogen) atoms. The van der Waals surface area contributed by atoms with Crippen molar-refractivity contribution in [2.24, 2.45) is 0 Å². The zero-order chi connectivity index (χ0) is 20.6. The van der Waals surface area contributed by atoms with Gasteiger partial charge in [0.25, 0.3) is 5.91 Å². The van der Waals surface area contributed by atoms with Gasteiger partial charge in [0.1, 0.15) is 24.1 Å². The Labute approximate surface area is 170 Å². The summed E-state index contributed by atoms with van der Waals surface area (Å²) in [6.07, 6.45) is 1.40. The number of nitrogens with one attached hydrogen (secondary N) is 1. The number of ether oxygens (including phenoxy) is 3. The van der Waals surface area contributed by atoms with Gasteiger partial charge in [-0.1, -0.05) is 12.1 Å². The van der Waals surface area contributed by atoms with Gasteiger partial charge in [0.15, 0.2) is 0 Å². The first kappa shape index (κ1) is 20.7. The van der Waals surface area contributed by atoms with Gasteiger partial charge in [-0.05, 0) is 49.2 Å². The van der Waals surface area contributed by atoms with E-state index < -0.39 is 6.04 Å². The lowest BCUT2D eigenvalue weighted by Gasteiger charge is -2.25. The third-order valence-electron chi connectivity index (χ3n) is 4.84. The lowest BCUT2D eigenvalue weighted by Crippen LogP contribution is -2.43. The molecule has 0 saturated carbocycles. The molecule has 1 aliphatic rings. The maximum atomic E-state index is 13.2. The van der Waals surface area contributed by atoms with Crippen molar-refractivity contribution in [3.63, 3.8) is 0 Å². The van der Waals surface area contributed by atoms with Crippen LogP contribution in [-0.4, -0.2) is 56.7 Å². The van der Waals surface area contributed by atoms with Crippen molar-refractivity contribution < 1.29 is 23.8 Å². The molecule has 154 valence electrons. The largest absolute Gasteiger partial charge is 0.497 e. The van der Waals surface area contributed by atoms with Crippen LogP contribution in [0.3, 0.4) is 0 Å². The van der Waals surface area contributed by atoms with E-state index >= 15 is 0 Å². The van der Waals surface area contributed by atoms with Crippen LogP contribution in [0.15, 0.2) is 48.5 Å². The maximum Gasteiger partial charge on any atom is 0.258 e. The second kappa shape index (κ2) is 9.93. The zero-order valence-corrected chi connectivity index (χ0v) is 16.7.